The van der Waals surface area contributed by atoms with E-state index in [-0.39, 0.29) is 0 Å². The van der Waals surface area contributed by atoms with Crippen molar-refractivity contribution in [2.75, 3.05) is 7.05 Å². The number of nitrogens with two attached hydrogens (primary N) is 1. The van der Waals surface area contributed by atoms with Crippen molar-refractivity contribution < 1.29 is 13.0 Å². The fourth-order valence-corrected chi connectivity index (χ4v) is 1.90. The smallest absolute Gasteiger partial charge is 0.273 e. The van der Waals surface area contributed by atoms with Gasteiger partial charge in [0.25, 0.3) is 10.1 Å². The molecular formula is C7H12N2O3S. The predicted octanol–water partition coefficient (Wildman–Crippen LogP) is -0.757. The zero-order valence-electron chi connectivity index (χ0n) is 7.14. The number of nitrogens with one attached hydrogen (secondary N) is 1. The summed E-state index contributed by atoms with van der Waals surface area (Å²) in [5, 5.41) is 1.79. The largest absolute Gasteiger partial charge is 0.388 e. The third-order valence-electron chi connectivity index (χ3n) is 1.85. The first-order valence-electron chi connectivity index (χ1n) is 3.75. The van der Waals surface area contributed by atoms with Crippen LogP contribution in [0.1, 0.15) is 0 Å². The predicted molar refractivity (Wildman–Crippen MR) is 49.6 cm³/mol. The summed E-state index contributed by atoms with van der Waals surface area (Å²) in [6, 6.07) is -0.706. The second-order valence-corrected chi connectivity index (χ2v) is 4.36. The van der Waals surface area contributed by atoms with Gasteiger partial charge in [-0.25, -0.2) is 0 Å². The molecule has 1 rings (SSSR count). The maximum Gasteiger partial charge on any atom is 0.273 e. The lowest BCUT2D eigenvalue weighted by molar-refractivity contribution is 0.470. The molecule has 2 atom stereocenters. The minimum atomic E-state index is -4.09. The Bertz CT molecular complexity index is 345. The van der Waals surface area contributed by atoms with Crippen LogP contribution in [0.2, 0.25) is 0 Å². The van der Waals surface area contributed by atoms with Crippen LogP contribution in [0.25, 0.3) is 0 Å². The molecule has 0 aliphatic heterocycles. The number of hydrogen-bond acceptors (Lipinski definition) is 4. The van der Waals surface area contributed by atoms with Crippen LogP contribution in [-0.4, -0.2) is 31.3 Å². The molecule has 0 saturated carbocycles. The normalized spacial score (nSPS) is 28.4. The number of rotatable bonds is 2. The second kappa shape index (κ2) is 3.49. The molecule has 1 aliphatic carbocycles. The Morgan fingerprint density at radius 1 is 1.62 bits per heavy atom. The van der Waals surface area contributed by atoms with Crippen LogP contribution in [-0.2, 0) is 10.1 Å². The Balaban J connectivity index is 2.90. The van der Waals surface area contributed by atoms with Gasteiger partial charge in [0.15, 0.2) is 0 Å². The van der Waals surface area contributed by atoms with Gasteiger partial charge in [-0.3, -0.25) is 4.55 Å². The molecule has 0 aromatic carbocycles. The van der Waals surface area contributed by atoms with E-state index in [4.69, 9.17) is 10.3 Å². The van der Waals surface area contributed by atoms with E-state index in [2.05, 4.69) is 5.32 Å². The van der Waals surface area contributed by atoms with Gasteiger partial charge in [0.1, 0.15) is 5.25 Å². The molecule has 2 unspecified atom stereocenters. The zero-order valence-corrected chi connectivity index (χ0v) is 7.95. The van der Waals surface area contributed by atoms with Crippen molar-refractivity contribution in [3.05, 3.63) is 23.9 Å². The molecule has 13 heavy (non-hydrogen) atoms. The highest BCUT2D eigenvalue weighted by Gasteiger charge is 2.28. The molecule has 0 heterocycles. The van der Waals surface area contributed by atoms with Crippen molar-refractivity contribution in [2.45, 2.75) is 11.3 Å². The molecule has 4 N–H and O–H groups in total. The van der Waals surface area contributed by atoms with E-state index in [1.807, 2.05) is 0 Å². The third kappa shape index (κ3) is 2.30. The molecule has 0 amide bonds. The molecule has 0 aromatic heterocycles. The molecule has 5 nitrogen and oxygen atoms in total. The highest BCUT2D eigenvalue weighted by Crippen LogP contribution is 2.13. The van der Waals surface area contributed by atoms with E-state index in [9.17, 15) is 8.42 Å². The first-order valence-corrected chi connectivity index (χ1v) is 5.25. The van der Waals surface area contributed by atoms with Gasteiger partial charge in [0, 0.05) is 18.8 Å². The molecule has 0 spiro atoms. The fraction of sp³-hybridized carbons (Fsp3) is 0.429. The number of allylic oxidation sites excluding steroid dienone is 1. The van der Waals surface area contributed by atoms with Crippen molar-refractivity contribution >= 4 is 10.1 Å². The van der Waals surface area contributed by atoms with E-state index >= 15 is 0 Å². The van der Waals surface area contributed by atoms with Crippen molar-refractivity contribution in [1.29, 1.82) is 0 Å². The maximum atomic E-state index is 10.8. The average molecular weight is 204 g/mol. The topological polar surface area (TPSA) is 92.4 Å². The first kappa shape index (κ1) is 10.2. The van der Waals surface area contributed by atoms with Crippen molar-refractivity contribution in [3.8, 4) is 0 Å². The summed E-state index contributed by atoms with van der Waals surface area (Å²) >= 11 is 0. The number of hydrogen-bond donors (Lipinski definition) is 3. The summed E-state index contributed by atoms with van der Waals surface area (Å²) in [4.78, 5) is 0. The molecule has 0 saturated heterocycles. The van der Waals surface area contributed by atoms with Crippen LogP contribution in [0.15, 0.2) is 23.9 Å². The van der Waals surface area contributed by atoms with Crippen molar-refractivity contribution in [3.63, 3.8) is 0 Å². The van der Waals surface area contributed by atoms with Crippen LogP contribution in [0.3, 0.4) is 0 Å². The summed E-state index contributed by atoms with van der Waals surface area (Å²) in [5.74, 6) is 0. The monoisotopic (exact) mass is 204 g/mol. The summed E-state index contributed by atoms with van der Waals surface area (Å²) in [7, 11) is -2.39. The van der Waals surface area contributed by atoms with Crippen LogP contribution in [0, 0.1) is 0 Å². The van der Waals surface area contributed by atoms with Gasteiger partial charge >= 0.3 is 0 Å². The molecule has 0 radical (unpaired) electrons. The first-order chi connectivity index (χ1) is 5.95. The Morgan fingerprint density at radius 3 is 2.62 bits per heavy atom. The fourth-order valence-electron chi connectivity index (χ4n) is 1.15. The molecule has 0 aromatic rings. The van der Waals surface area contributed by atoms with E-state index in [0.717, 1.165) is 5.70 Å². The van der Waals surface area contributed by atoms with Crippen LogP contribution >= 0.6 is 0 Å². The van der Waals surface area contributed by atoms with Crippen LogP contribution in [0.4, 0.5) is 0 Å². The Kier molecular flexibility index (Phi) is 2.74. The van der Waals surface area contributed by atoms with E-state index in [1.54, 1.807) is 19.2 Å². The lowest BCUT2D eigenvalue weighted by Gasteiger charge is -2.19. The maximum absolute atomic E-state index is 10.8. The second-order valence-electron chi connectivity index (χ2n) is 2.79. The van der Waals surface area contributed by atoms with Gasteiger partial charge in [-0.05, 0) is 12.2 Å². The third-order valence-corrected chi connectivity index (χ3v) is 3.01. The molecule has 1 aliphatic rings. The van der Waals surface area contributed by atoms with E-state index in [0.29, 0.717) is 0 Å². The molecule has 6 heteroatoms. The van der Waals surface area contributed by atoms with Gasteiger partial charge in [-0.1, -0.05) is 6.08 Å². The van der Waals surface area contributed by atoms with Gasteiger partial charge in [0.2, 0.25) is 0 Å². The molecule has 0 bridgehead atoms. The van der Waals surface area contributed by atoms with Crippen molar-refractivity contribution in [2.24, 2.45) is 5.73 Å². The summed E-state index contributed by atoms with van der Waals surface area (Å²) < 4.78 is 30.3. The van der Waals surface area contributed by atoms with Gasteiger partial charge in [-0.15, -0.1) is 0 Å². The minimum Gasteiger partial charge on any atom is -0.388 e. The standard InChI is InChI=1S/C7H12N2O3S/c1-9-5-2-3-7(6(8)4-5)13(10,11)12/h2-4,6-7,9H,8H2,1H3,(H,10,11,12). The molecule has 74 valence electrons. The highest BCUT2D eigenvalue weighted by molar-refractivity contribution is 7.86. The van der Waals surface area contributed by atoms with E-state index < -0.39 is 21.4 Å². The minimum absolute atomic E-state index is 0.706. The van der Waals surface area contributed by atoms with Crippen molar-refractivity contribution in [1.82, 2.24) is 5.32 Å². The zero-order chi connectivity index (χ0) is 10.1. The Morgan fingerprint density at radius 2 is 2.23 bits per heavy atom. The quantitative estimate of drug-likeness (QED) is 0.514. The van der Waals surface area contributed by atoms with Gasteiger partial charge < -0.3 is 11.1 Å². The Labute approximate surface area is 77.1 Å². The summed E-state index contributed by atoms with van der Waals surface area (Å²) in [6.45, 7) is 0. The highest BCUT2D eigenvalue weighted by atomic mass is 32.2. The van der Waals surface area contributed by atoms with E-state index in [1.165, 1.54) is 6.08 Å². The molecular weight excluding hydrogens is 192 g/mol. The molecule has 0 fully saturated rings. The Hall–Kier alpha value is -0.850. The van der Waals surface area contributed by atoms with Crippen LogP contribution in [0.5, 0.6) is 0 Å². The lowest BCUT2D eigenvalue weighted by Crippen LogP contribution is -2.39. The van der Waals surface area contributed by atoms with Gasteiger partial charge in [-0.2, -0.15) is 8.42 Å². The SMILES string of the molecule is CNC1=CC(N)C(S(=O)(=O)O)C=C1. The van der Waals surface area contributed by atoms with Gasteiger partial charge in [0.05, 0.1) is 0 Å². The average Bonchev–Trinajstić information content (AvgIpc) is 2.01. The summed E-state index contributed by atoms with van der Waals surface area (Å²) in [5.41, 5.74) is 6.27. The summed E-state index contributed by atoms with van der Waals surface area (Å²) in [6.07, 6.45) is 4.49. The number of likely N-dealkylation sites (N-methyl/N-ethyl adjacent to an activating group) is 1. The van der Waals surface area contributed by atoms with Crippen LogP contribution < -0.4 is 11.1 Å². The lowest BCUT2D eigenvalue weighted by atomic mass is 10.1.